The number of hydrogen-bond donors (Lipinski definition) is 1. The van der Waals surface area contributed by atoms with Crippen molar-refractivity contribution in [2.24, 2.45) is 0 Å². The van der Waals surface area contributed by atoms with Crippen molar-refractivity contribution in [2.75, 3.05) is 13.2 Å². The largest absolute Gasteiger partial charge is 0.379 e. The standard InChI is InChI=1S/C14H14ClNO2S/c15-12-10-5-1-2-6-11(10)19-13(12)14(17)16-9-4-3-7-18-8-9/h1-2,5-6,9H,3-4,7-8H2,(H,16,17)/t9-/m0/s1. The number of halogens is 1. The minimum Gasteiger partial charge on any atom is -0.379 e. The van der Waals surface area contributed by atoms with Gasteiger partial charge >= 0.3 is 0 Å². The Morgan fingerprint density at radius 1 is 1.42 bits per heavy atom. The van der Waals surface area contributed by atoms with Crippen molar-refractivity contribution in [3.63, 3.8) is 0 Å². The van der Waals surface area contributed by atoms with Crippen LogP contribution in [0.5, 0.6) is 0 Å². The van der Waals surface area contributed by atoms with Gasteiger partial charge in [0.25, 0.3) is 5.91 Å². The molecule has 2 heterocycles. The highest BCUT2D eigenvalue weighted by molar-refractivity contribution is 7.21. The molecular weight excluding hydrogens is 282 g/mol. The van der Waals surface area contributed by atoms with Gasteiger partial charge in [0.05, 0.1) is 17.7 Å². The van der Waals surface area contributed by atoms with Gasteiger partial charge in [-0.05, 0) is 18.9 Å². The molecule has 0 aliphatic carbocycles. The van der Waals surface area contributed by atoms with E-state index >= 15 is 0 Å². The number of ether oxygens (including phenoxy) is 1. The smallest absolute Gasteiger partial charge is 0.263 e. The molecular formula is C14H14ClNO2S. The van der Waals surface area contributed by atoms with E-state index in [0.29, 0.717) is 16.5 Å². The third-order valence-corrected chi connectivity index (χ3v) is 4.91. The van der Waals surface area contributed by atoms with E-state index in [0.717, 1.165) is 29.5 Å². The van der Waals surface area contributed by atoms with Crippen LogP contribution in [-0.2, 0) is 4.74 Å². The Hall–Kier alpha value is -1.10. The van der Waals surface area contributed by atoms with Crippen molar-refractivity contribution in [1.82, 2.24) is 5.32 Å². The number of benzene rings is 1. The maximum absolute atomic E-state index is 12.3. The first-order chi connectivity index (χ1) is 9.25. The summed E-state index contributed by atoms with van der Waals surface area (Å²) in [6.07, 6.45) is 1.96. The van der Waals surface area contributed by atoms with Crippen molar-refractivity contribution in [3.8, 4) is 0 Å². The number of carbonyl (C=O) groups excluding carboxylic acids is 1. The molecule has 1 atom stereocenters. The highest BCUT2D eigenvalue weighted by Crippen LogP contribution is 2.35. The summed E-state index contributed by atoms with van der Waals surface area (Å²) in [5.41, 5.74) is 0. The minimum atomic E-state index is -0.0956. The average molecular weight is 296 g/mol. The van der Waals surface area contributed by atoms with Gasteiger partial charge in [0, 0.05) is 16.7 Å². The lowest BCUT2D eigenvalue weighted by molar-refractivity contribution is 0.0626. The van der Waals surface area contributed by atoms with Gasteiger partial charge in [0.1, 0.15) is 4.88 Å². The fourth-order valence-corrected chi connectivity index (χ4v) is 3.69. The summed E-state index contributed by atoms with van der Waals surface area (Å²) in [5, 5.41) is 4.49. The maximum atomic E-state index is 12.3. The van der Waals surface area contributed by atoms with Gasteiger partial charge in [0.2, 0.25) is 0 Å². The van der Waals surface area contributed by atoms with Crippen LogP contribution in [0.15, 0.2) is 24.3 Å². The van der Waals surface area contributed by atoms with Crippen LogP contribution in [0.1, 0.15) is 22.5 Å². The average Bonchev–Trinajstić information content (AvgIpc) is 2.78. The summed E-state index contributed by atoms with van der Waals surface area (Å²) in [7, 11) is 0. The van der Waals surface area contributed by atoms with E-state index in [1.807, 2.05) is 24.3 Å². The lowest BCUT2D eigenvalue weighted by Crippen LogP contribution is -2.40. The first-order valence-electron chi connectivity index (χ1n) is 6.31. The van der Waals surface area contributed by atoms with E-state index in [-0.39, 0.29) is 11.9 Å². The molecule has 0 spiro atoms. The molecule has 0 bridgehead atoms. The quantitative estimate of drug-likeness (QED) is 0.921. The molecule has 1 aromatic carbocycles. The molecule has 3 nitrogen and oxygen atoms in total. The molecule has 1 aromatic heterocycles. The number of carbonyl (C=O) groups is 1. The molecule has 1 aliphatic heterocycles. The number of hydrogen-bond acceptors (Lipinski definition) is 3. The highest BCUT2D eigenvalue weighted by atomic mass is 35.5. The lowest BCUT2D eigenvalue weighted by atomic mass is 10.1. The summed E-state index contributed by atoms with van der Waals surface area (Å²) < 4.78 is 6.40. The zero-order valence-corrected chi connectivity index (χ0v) is 11.9. The molecule has 1 saturated heterocycles. The third kappa shape index (κ3) is 2.61. The zero-order valence-electron chi connectivity index (χ0n) is 10.3. The van der Waals surface area contributed by atoms with Crippen molar-refractivity contribution in [3.05, 3.63) is 34.2 Å². The topological polar surface area (TPSA) is 38.3 Å². The van der Waals surface area contributed by atoms with Gasteiger partial charge < -0.3 is 10.1 Å². The van der Waals surface area contributed by atoms with Crippen molar-refractivity contribution < 1.29 is 9.53 Å². The van der Waals surface area contributed by atoms with Crippen LogP contribution < -0.4 is 5.32 Å². The minimum absolute atomic E-state index is 0.0956. The number of thiophene rings is 1. The number of rotatable bonds is 2. The second-order valence-electron chi connectivity index (χ2n) is 4.63. The Morgan fingerprint density at radius 3 is 3.00 bits per heavy atom. The monoisotopic (exact) mass is 295 g/mol. The van der Waals surface area contributed by atoms with Crippen molar-refractivity contribution in [2.45, 2.75) is 18.9 Å². The van der Waals surface area contributed by atoms with Crippen molar-refractivity contribution in [1.29, 1.82) is 0 Å². The predicted molar refractivity (Wildman–Crippen MR) is 78.1 cm³/mol. The molecule has 100 valence electrons. The number of nitrogens with one attached hydrogen (secondary N) is 1. The van der Waals surface area contributed by atoms with Crippen LogP contribution in [0.2, 0.25) is 5.02 Å². The van der Waals surface area contributed by atoms with E-state index in [9.17, 15) is 4.79 Å². The zero-order chi connectivity index (χ0) is 13.2. The molecule has 0 saturated carbocycles. The number of amides is 1. The van der Waals surface area contributed by atoms with E-state index in [1.165, 1.54) is 11.3 Å². The van der Waals surface area contributed by atoms with E-state index in [2.05, 4.69) is 5.32 Å². The summed E-state index contributed by atoms with van der Waals surface area (Å²) >= 11 is 7.72. The van der Waals surface area contributed by atoms with Crippen molar-refractivity contribution >= 4 is 38.9 Å². The Labute approximate surface area is 120 Å². The molecule has 19 heavy (non-hydrogen) atoms. The predicted octanol–water partition coefficient (Wildman–Crippen LogP) is 3.46. The van der Waals surface area contributed by atoms with Gasteiger partial charge in [-0.3, -0.25) is 4.79 Å². The molecule has 0 radical (unpaired) electrons. The third-order valence-electron chi connectivity index (χ3n) is 3.24. The summed E-state index contributed by atoms with van der Waals surface area (Å²) in [5.74, 6) is -0.0956. The van der Waals surface area contributed by atoms with Gasteiger partial charge in [-0.2, -0.15) is 0 Å². The molecule has 3 rings (SSSR count). The van der Waals surface area contributed by atoms with Crippen LogP contribution in [-0.4, -0.2) is 25.2 Å². The SMILES string of the molecule is O=C(N[C@H]1CCCOC1)c1sc2ccccc2c1Cl. The van der Waals surface area contributed by atoms with Gasteiger partial charge in [-0.1, -0.05) is 29.8 Å². The fraction of sp³-hybridized carbons (Fsp3) is 0.357. The molecule has 1 fully saturated rings. The molecule has 1 aliphatic rings. The summed E-state index contributed by atoms with van der Waals surface area (Å²) in [4.78, 5) is 12.9. The van der Waals surface area contributed by atoms with E-state index < -0.39 is 0 Å². The summed E-state index contributed by atoms with van der Waals surface area (Å²) in [6, 6.07) is 7.90. The molecule has 1 amide bonds. The van der Waals surface area contributed by atoms with Gasteiger partial charge in [0.15, 0.2) is 0 Å². The molecule has 5 heteroatoms. The van der Waals surface area contributed by atoms with E-state index in [4.69, 9.17) is 16.3 Å². The van der Waals surface area contributed by atoms with Gasteiger partial charge in [-0.15, -0.1) is 11.3 Å². The van der Waals surface area contributed by atoms with Crippen LogP contribution in [0, 0.1) is 0 Å². The van der Waals surface area contributed by atoms with Crippen LogP contribution in [0.25, 0.3) is 10.1 Å². The maximum Gasteiger partial charge on any atom is 0.263 e. The van der Waals surface area contributed by atoms with Crippen LogP contribution in [0.3, 0.4) is 0 Å². The van der Waals surface area contributed by atoms with Crippen LogP contribution >= 0.6 is 22.9 Å². The molecule has 1 N–H and O–H groups in total. The lowest BCUT2D eigenvalue weighted by Gasteiger charge is -2.22. The first-order valence-corrected chi connectivity index (χ1v) is 7.51. The second kappa shape index (κ2) is 5.49. The Kier molecular flexibility index (Phi) is 3.73. The number of fused-ring (bicyclic) bond motifs is 1. The Morgan fingerprint density at radius 2 is 2.26 bits per heavy atom. The first kappa shape index (κ1) is 12.9. The summed E-state index contributed by atoms with van der Waals surface area (Å²) in [6.45, 7) is 1.38. The van der Waals surface area contributed by atoms with E-state index in [1.54, 1.807) is 0 Å². The normalized spacial score (nSPS) is 19.5. The van der Waals surface area contributed by atoms with Crippen LogP contribution in [0.4, 0.5) is 0 Å². The Bertz CT molecular complexity index is 605. The van der Waals surface area contributed by atoms with Gasteiger partial charge in [-0.25, -0.2) is 0 Å². The fourth-order valence-electron chi connectivity index (χ4n) is 2.27. The second-order valence-corrected chi connectivity index (χ2v) is 6.06. The molecule has 2 aromatic rings. The Balaban J connectivity index is 1.83. The highest BCUT2D eigenvalue weighted by Gasteiger charge is 2.21. The molecule has 0 unspecified atom stereocenters.